The number of ketones is 1. The Kier molecular flexibility index (Phi) is 3.99. The van der Waals surface area contributed by atoms with E-state index in [0.29, 0.717) is 21.8 Å². The highest BCUT2D eigenvalue weighted by Gasteiger charge is 2.18. The second-order valence-electron chi connectivity index (χ2n) is 4.70. The molecular formula is C15H15NO3S. The number of carbonyl (C=O) groups is 2. The largest absolute Gasteiger partial charge is 0.481 e. The third-order valence-electron chi connectivity index (χ3n) is 3.17. The van der Waals surface area contributed by atoms with Crippen molar-refractivity contribution < 1.29 is 14.7 Å². The van der Waals surface area contributed by atoms with Crippen LogP contribution in [-0.2, 0) is 18.3 Å². The van der Waals surface area contributed by atoms with Gasteiger partial charge in [-0.2, -0.15) is 0 Å². The van der Waals surface area contributed by atoms with Gasteiger partial charge in [0.1, 0.15) is 0 Å². The summed E-state index contributed by atoms with van der Waals surface area (Å²) < 4.78 is 1.61. The van der Waals surface area contributed by atoms with Crippen LogP contribution in [0.1, 0.15) is 27.2 Å². The van der Waals surface area contributed by atoms with Crippen LogP contribution in [0.25, 0.3) is 0 Å². The summed E-state index contributed by atoms with van der Waals surface area (Å²) in [5.74, 6) is -1.08. The van der Waals surface area contributed by atoms with Crippen molar-refractivity contribution in [2.75, 3.05) is 0 Å². The third-order valence-corrected chi connectivity index (χ3v) is 3.75. The summed E-state index contributed by atoms with van der Waals surface area (Å²) in [6, 6.07) is 8.87. The van der Waals surface area contributed by atoms with E-state index in [-0.39, 0.29) is 12.2 Å². The predicted molar refractivity (Wildman–Crippen MR) is 78.6 cm³/mol. The molecule has 0 atom stereocenters. The number of aromatic nitrogens is 1. The number of nitrogens with zero attached hydrogens (tertiary/aromatic N) is 1. The highest BCUT2D eigenvalue weighted by atomic mass is 32.1. The van der Waals surface area contributed by atoms with Crippen molar-refractivity contribution in [3.8, 4) is 0 Å². The summed E-state index contributed by atoms with van der Waals surface area (Å²) >= 11 is 4.28. The van der Waals surface area contributed by atoms with Crippen molar-refractivity contribution in [3.63, 3.8) is 0 Å². The van der Waals surface area contributed by atoms with E-state index in [1.54, 1.807) is 29.8 Å². The fourth-order valence-corrected chi connectivity index (χ4v) is 2.27. The molecule has 1 aromatic carbocycles. The Labute approximate surface area is 122 Å². The summed E-state index contributed by atoms with van der Waals surface area (Å²) in [6.45, 7) is 1.95. The van der Waals surface area contributed by atoms with Crippen molar-refractivity contribution in [3.05, 3.63) is 52.7 Å². The molecule has 2 aromatic rings. The lowest BCUT2D eigenvalue weighted by atomic mass is 10.1. The molecule has 5 heteroatoms. The van der Waals surface area contributed by atoms with Gasteiger partial charge < -0.3 is 9.67 Å². The maximum Gasteiger partial charge on any atom is 0.307 e. The second kappa shape index (κ2) is 5.54. The van der Waals surface area contributed by atoms with Gasteiger partial charge in [0.15, 0.2) is 0 Å². The Balaban J connectivity index is 2.40. The molecule has 0 amide bonds. The molecule has 1 aromatic heterocycles. The minimum atomic E-state index is -0.944. The van der Waals surface area contributed by atoms with E-state index in [4.69, 9.17) is 5.11 Å². The van der Waals surface area contributed by atoms with Gasteiger partial charge in [-0.1, -0.05) is 29.8 Å². The van der Waals surface area contributed by atoms with Crippen LogP contribution in [0.2, 0.25) is 0 Å². The van der Waals surface area contributed by atoms with Gasteiger partial charge in [-0.15, -0.1) is 12.6 Å². The lowest BCUT2D eigenvalue weighted by molar-refractivity contribution is -0.136. The van der Waals surface area contributed by atoms with Crippen LogP contribution in [0, 0.1) is 6.92 Å². The first-order valence-corrected chi connectivity index (χ1v) is 6.55. The van der Waals surface area contributed by atoms with Crippen LogP contribution in [0.3, 0.4) is 0 Å². The first-order chi connectivity index (χ1) is 9.40. The molecule has 0 bridgehead atoms. The van der Waals surface area contributed by atoms with Crippen LogP contribution < -0.4 is 0 Å². The second-order valence-corrected chi connectivity index (χ2v) is 5.13. The first-order valence-electron chi connectivity index (χ1n) is 6.11. The zero-order valence-corrected chi connectivity index (χ0v) is 12.1. The average molecular weight is 289 g/mol. The molecule has 104 valence electrons. The molecular weight excluding hydrogens is 274 g/mol. The number of rotatable bonds is 4. The number of carboxylic acids is 1. The number of carbonyl (C=O) groups excluding carboxylic acids is 1. The van der Waals surface area contributed by atoms with E-state index in [1.165, 1.54) is 0 Å². The van der Waals surface area contributed by atoms with E-state index < -0.39 is 5.97 Å². The average Bonchev–Trinajstić information content (AvgIpc) is 2.67. The molecule has 20 heavy (non-hydrogen) atoms. The number of aliphatic carboxylic acids is 1. The SMILES string of the molecule is Cc1ccc(C(=O)c2cc(CC(=O)O)c(S)n2C)cc1. The fraction of sp³-hybridized carbons (Fsp3) is 0.200. The van der Waals surface area contributed by atoms with Gasteiger partial charge >= 0.3 is 5.97 Å². The maximum absolute atomic E-state index is 12.4. The van der Waals surface area contributed by atoms with Crippen LogP contribution >= 0.6 is 12.6 Å². The van der Waals surface area contributed by atoms with Gasteiger partial charge in [-0.3, -0.25) is 9.59 Å². The zero-order chi connectivity index (χ0) is 14.9. The molecule has 1 N–H and O–H groups in total. The van der Waals surface area contributed by atoms with E-state index in [9.17, 15) is 9.59 Å². The molecule has 0 aliphatic heterocycles. The minimum Gasteiger partial charge on any atom is -0.481 e. The van der Waals surface area contributed by atoms with Crippen molar-refractivity contribution in [1.29, 1.82) is 0 Å². The van der Waals surface area contributed by atoms with Crippen molar-refractivity contribution >= 4 is 24.4 Å². The van der Waals surface area contributed by atoms with Gasteiger partial charge in [0.05, 0.1) is 17.1 Å². The smallest absolute Gasteiger partial charge is 0.307 e. The fourth-order valence-electron chi connectivity index (χ4n) is 2.02. The Morgan fingerprint density at radius 2 is 1.85 bits per heavy atom. The van der Waals surface area contributed by atoms with Crippen LogP contribution in [0.15, 0.2) is 35.4 Å². The van der Waals surface area contributed by atoms with Gasteiger partial charge in [0, 0.05) is 12.6 Å². The normalized spacial score (nSPS) is 10.6. The number of carboxylic acid groups (broad SMARTS) is 1. The number of hydrogen-bond donors (Lipinski definition) is 2. The Hall–Kier alpha value is -2.01. The highest BCUT2D eigenvalue weighted by molar-refractivity contribution is 7.80. The Bertz CT molecular complexity index is 671. The van der Waals surface area contributed by atoms with E-state index >= 15 is 0 Å². The van der Waals surface area contributed by atoms with Crippen molar-refractivity contribution in [1.82, 2.24) is 4.57 Å². The highest BCUT2D eigenvalue weighted by Crippen LogP contribution is 2.22. The Morgan fingerprint density at radius 1 is 1.25 bits per heavy atom. The maximum atomic E-state index is 12.4. The molecule has 0 spiro atoms. The predicted octanol–water partition coefficient (Wildman–Crippen LogP) is 2.48. The summed E-state index contributed by atoms with van der Waals surface area (Å²) in [7, 11) is 1.70. The zero-order valence-electron chi connectivity index (χ0n) is 11.3. The standard InChI is InChI=1S/C15H15NO3S/c1-9-3-5-10(6-4-9)14(19)12-7-11(8-13(17)18)15(20)16(12)2/h3-7,20H,8H2,1-2H3,(H,17,18). The summed E-state index contributed by atoms with van der Waals surface area (Å²) in [5, 5.41) is 9.35. The Morgan fingerprint density at radius 3 is 2.40 bits per heavy atom. The van der Waals surface area contributed by atoms with Crippen LogP contribution in [-0.4, -0.2) is 21.4 Å². The van der Waals surface area contributed by atoms with Crippen LogP contribution in [0.4, 0.5) is 0 Å². The minimum absolute atomic E-state index is 0.139. The van der Waals surface area contributed by atoms with E-state index in [1.807, 2.05) is 19.1 Å². The topological polar surface area (TPSA) is 59.3 Å². The molecule has 0 aliphatic rings. The first kappa shape index (κ1) is 14.4. The molecule has 0 aliphatic carbocycles. The summed E-state index contributed by atoms with van der Waals surface area (Å²) in [4.78, 5) is 23.2. The monoisotopic (exact) mass is 289 g/mol. The molecule has 0 saturated carbocycles. The van der Waals surface area contributed by atoms with Gasteiger partial charge in [0.2, 0.25) is 5.78 Å². The quantitative estimate of drug-likeness (QED) is 0.671. The number of benzene rings is 1. The third kappa shape index (κ3) is 2.77. The molecule has 4 nitrogen and oxygen atoms in total. The van der Waals surface area contributed by atoms with Gasteiger partial charge in [-0.05, 0) is 18.6 Å². The van der Waals surface area contributed by atoms with Gasteiger partial charge in [0.25, 0.3) is 0 Å². The molecule has 0 unspecified atom stereocenters. The summed E-state index contributed by atoms with van der Waals surface area (Å²) in [5.41, 5.74) is 2.63. The van der Waals surface area contributed by atoms with Crippen molar-refractivity contribution in [2.45, 2.75) is 18.4 Å². The summed E-state index contributed by atoms with van der Waals surface area (Å²) in [6.07, 6.45) is -0.145. The van der Waals surface area contributed by atoms with Crippen molar-refractivity contribution in [2.24, 2.45) is 7.05 Å². The lowest BCUT2D eigenvalue weighted by Crippen LogP contribution is -2.07. The van der Waals surface area contributed by atoms with Gasteiger partial charge in [-0.25, -0.2) is 0 Å². The lowest BCUT2D eigenvalue weighted by Gasteiger charge is -2.04. The molecule has 1 heterocycles. The molecule has 0 radical (unpaired) electrons. The van der Waals surface area contributed by atoms with Crippen LogP contribution in [0.5, 0.6) is 0 Å². The van der Waals surface area contributed by atoms with E-state index in [0.717, 1.165) is 5.56 Å². The number of aryl methyl sites for hydroxylation is 1. The molecule has 0 saturated heterocycles. The molecule has 0 fully saturated rings. The van der Waals surface area contributed by atoms with E-state index in [2.05, 4.69) is 12.6 Å². The number of hydrogen-bond acceptors (Lipinski definition) is 3. The molecule has 2 rings (SSSR count). The number of thiol groups is 1.